The number of nitrogens with two attached hydrogens (primary N) is 1. The van der Waals surface area contributed by atoms with E-state index in [4.69, 9.17) is 27.4 Å². The summed E-state index contributed by atoms with van der Waals surface area (Å²) >= 11 is 6.20. The minimum absolute atomic E-state index is 0.252. The maximum Gasteiger partial charge on any atom is 0.407 e. The molecule has 1 fully saturated rings. The molecule has 2 heterocycles. The van der Waals surface area contributed by atoms with E-state index in [1.165, 1.54) is 0 Å². The zero-order valence-electron chi connectivity index (χ0n) is 15.0. The number of piperidine rings is 1. The highest BCUT2D eigenvalue weighted by Crippen LogP contribution is 2.28. The van der Waals surface area contributed by atoms with Crippen molar-refractivity contribution >= 4 is 40.3 Å². The fourth-order valence-corrected chi connectivity index (χ4v) is 3.73. The molecular weight excluding hydrogens is 368 g/mol. The van der Waals surface area contributed by atoms with Crippen molar-refractivity contribution in [3.05, 3.63) is 35.4 Å². The van der Waals surface area contributed by atoms with Crippen molar-refractivity contribution in [2.45, 2.75) is 19.3 Å². The van der Waals surface area contributed by atoms with Gasteiger partial charge in [-0.2, -0.15) is 0 Å². The highest BCUT2D eigenvalue weighted by molar-refractivity contribution is 6.35. The molecule has 0 bridgehead atoms. The van der Waals surface area contributed by atoms with Gasteiger partial charge in [-0.15, -0.1) is 0 Å². The number of amides is 2. The van der Waals surface area contributed by atoms with Crippen molar-refractivity contribution in [1.82, 2.24) is 9.88 Å². The predicted octanol–water partition coefficient (Wildman–Crippen LogP) is 2.96. The second-order valence-corrected chi connectivity index (χ2v) is 7.27. The third-order valence-electron chi connectivity index (χ3n) is 5.03. The summed E-state index contributed by atoms with van der Waals surface area (Å²) in [5.74, 6) is 0.727. The minimum atomic E-state index is -1.11. The fraction of sp³-hybridized carbons (Fsp3) is 0.421. The molecule has 0 spiro atoms. The molecule has 1 saturated heterocycles. The molecule has 144 valence electrons. The Labute approximate surface area is 162 Å². The van der Waals surface area contributed by atoms with Crippen molar-refractivity contribution in [3.63, 3.8) is 0 Å². The van der Waals surface area contributed by atoms with Gasteiger partial charge >= 0.3 is 6.09 Å². The Morgan fingerprint density at radius 2 is 2.00 bits per heavy atom. The zero-order chi connectivity index (χ0) is 19.4. The second kappa shape index (κ2) is 8.43. The molecule has 3 N–H and O–H groups in total. The lowest BCUT2D eigenvalue weighted by molar-refractivity contribution is -0.118. The highest BCUT2D eigenvalue weighted by Gasteiger charge is 2.22. The smallest absolute Gasteiger partial charge is 0.407 e. The quantitative estimate of drug-likeness (QED) is 0.789. The molecule has 2 aromatic rings. The number of carbonyl (C=O) groups is 2. The van der Waals surface area contributed by atoms with Crippen LogP contribution < -0.4 is 10.6 Å². The summed E-state index contributed by atoms with van der Waals surface area (Å²) in [6.45, 7) is 1.81. The van der Waals surface area contributed by atoms with Gasteiger partial charge in [0.15, 0.2) is 0 Å². The van der Waals surface area contributed by atoms with E-state index >= 15 is 0 Å². The molecule has 1 aliphatic heterocycles. The Balaban J connectivity index is 1.56. The van der Waals surface area contributed by atoms with Gasteiger partial charge in [0.05, 0.1) is 5.52 Å². The normalized spacial score (nSPS) is 15.1. The van der Waals surface area contributed by atoms with E-state index < -0.39 is 12.0 Å². The van der Waals surface area contributed by atoms with Crippen LogP contribution in [0.2, 0.25) is 5.02 Å². The first-order valence-electron chi connectivity index (χ1n) is 9.00. The van der Waals surface area contributed by atoms with E-state index in [-0.39, 0.29) is 6.54 Å². The zero-order valence-corrected chi connectivity index (χ0v) is 15.7. The SMILES string of the molecule is NC(=O)CN(CCC1CCN(c2ccc3c(Cl)cccc3n2)CC1)C(=O)O. The van der Waals surface area contributed by atoms with Gasteiger partial charge in [-0.25, -0.2) is 9.78 Å². The van der Waals surface area contributed by atoms with E-state index in [1.54, 1.807) is 0 Å². The molecule has 0 aliphatic carbocycles. The number of pyridine rings is 1. The van der Waals surface area contributed by atoms with E-state index in [0.717, 1.165) is 54.0 Å². The topological polar surface area (TPSA) is 99.8 Å². The van der Waals surface area contributed by atoms with E-state index in [0.29, 0.717) is 17.5 Å². The Bertz CT molecular complexity index is 837. The average molecular weight is 391 g/mol. The lowest BCUT2D eigenvalue weighted by atomic mass is 9.93. The Kier molecular flexibility index (Phi) is 6.01. The number of nitrogens with zero attached hydrogens (tertiary/aromatic N) is 3. The number of benzene rings is 1. The van der Waals surface area contributed by atoms with Crippen LogP contribution in [0.5, 0.6) is 0 Å². The molecule has 0 saturated carbocycles. The van der Waals surface area contributed by atoms with E-state index in [9.17, 15) is 9.59 Å². The maximum absolute atomic E-state index is 11.2. The number of hydrogen-bond acceptors (Lipinski definition) is 4. The molecule has 8 heteroatoms. The van der Waals surface area contributed by atoms with Crippen LogP contribution in [0.1, 0.15) is 19.3 Å². The predicted molar refractivity (Wildman–Crippen MR) is 105 cm³/mol. The van der Waals surface area contributed by atoms with Gasteiger partial charge in [-0.05, 0) is 49.4 Å². The number of hydrogen-bond donors (Lipinski definition) is 2. The molecule has 27 heavy (non-hydrogen) atoms. The third-order valence-corrected chi connectivity index (χ3v) is 5.36. The summed E-state index contributed by atoms with van der Waals surface area (Å²) in [4.78, 5) is 30.2. The lowest BCUT2D eigenvalue weighted by Crippen LogP contribution is -2.40. The monoisotopic (exact) mass is 390 g/mol. The number of carbonyl (C=O) groups excluding carboxylic acids is 1. The lowest BCUT2D eigenvalue weighted by Gasteiger charge is -2.33. The van der Waals surface area contributed by atoms with Gasteiger partial charge in [0, 0.05) is 30.0 Å². The number of carboxylic acid groups (broad SMARTS) is 1. The van der Waals surface area contributed by atoms with Gasteiger partial charge in [-0.3, -0.25) is 9.69 Å². The Morgan fingerprint density at radius 1 is 1.26 bits per heavy atom. The standard InChI is InChI=1S/C19H23ClN4O3/c20-15-2-1-3-16-14(15)4-5-18(22-16)23-9-6-13(7-10-23)8-11-24(19(26)27)12-17(21)25/h1-5,13H,6-12H2,(H2,21,25)(H,26,27). The van der Waals surface area contributed by atoms with Crippen LogP contribution in [-0.2, 0) is 4.79 Å². The molecule has 7 nitrogen and oxygen atoms in total. The number of anilines is 1. The van der Waals surface area contributed by atoms with Gasteiger partial charge in [0.2, 0.25) is 5.91 Å². The molecule has 3 rings (SSSR count). The van der Waals surface area contributed by atoms with Crippen LogP contribution in [0.25, 0.3) is 10.9 Å². The fourth-order valence-electron chi connectivity index (χ4n) is 3.50. The molecule has 1 aromatic carbocycles. The molecular formula is C19H23ClN4O3. The molecule has 0 atom stereocenters. The summed E-state index contributed by atoms with van der Waals surface area (Å²) < 4.78 is 0. The number of primary amides is 1. The van der Waals surface area contributed by atoms with Crippen molar-refractivity contribution in [3.8, 4) is 0 Å². The number of fused-ring (bicyclic) bond motifs is 1. The van der Waals surface area contributed by atoms with Crippen LogP contribution in [0.3, 0.4) is 0 Å². The van der Waals surface area contributed by atoms with Crippen LogP contribution in [0.4, 0.5) is 10.6 Å². The van der Waals surface area contributed by atoms with E-state index in [2.05, 4.69) is 4.90 Å². The Morgan fingerprint density at radius 3 is 2.67 bits per heavy atom. The average Bonchev–Trinajstić information content (AvgIpc) is 2.65. The van der Waals surface area contributed by atoms with Crippen molar-refractivity contribution < 1.29 is 14.7 Å². The van der Waals surface area contributed by atoms with Gasteiger partial charge in [0.25, 0.3) is 0 Å². The first-order valence-corrected chi connectivity index (χ1v) is 9.38. The van der Waals surface area contributed by atoms with Crippen LogP contribution in [-0.4, -0.2) is 53.2 Å². The molecule has 1 aliphatic rings. The minimum Gasteiger partial charge on any atom is -0.465 e. The number of halogens is 1. The summed E-state index contributed by atoms with van der Waals surface area (Å²) in [5.41, 5.74) is 5.99. The van der Waals surface area contributed by atoms with E-state index in [1.807, 2.05) is 30.3 Å². The van der Waals surface area contributed by atoms with Crippen molar-refractivity contribution in [1.29, 1.82) is 0 Å². The molecule has 2 amide bonds. The first kappa shape index (κ1) is 19.2. The first-order chi connectivity index (χ1) is 12.9. The van der Waals surface area contributed by atoms with Crippen LogP contribution in [0, 0.1) is 5.92 Å². The van der Waals surface area contributed by atoms with Crippen molar-refractivity contribution in [2.24, 2.45) is 11.7 Å². The second-order valence-electron chi connectivity index (χ2n) is 6.87. The van der Waals surface area contributed by atoms with Crippen molar-refractivity contribution in [2.75, 3.05) is 31.1 Å². The summed E-state index contributed by atoms with van der Waals surface area (Å²) in [5, 5.41) is 10.8. The van der Waals surface area contributed by atoms with Gasteiger partial charge in [0.1, 0.15) is 12.4 Å². The summed E-state index contributed by atoms with van der Waals surface area (Å²) in [7, 11) is 0. The van der Waals surface area contributed by atoms with Crippen LogP contribution >= 0.6 is 11.6 Å². The van der Waals surface area contributed by atoms with Gasteiger partial charge < -0.3 is 15.7 Å². The summed E-state index contributed by atoms with van der Waals surface area (Å²) in [6.07, 6.45) is 1.54. The third kappa shape index (κ3) is 4.80. The Hall–Kier alpha value is -2.54. The largest absolute Gasteiger partial charge is 0.465 e. The number of aromatic nitrogens is 1. The maximum atomic E-state index is 11.2. The van der Waals surface area contributed by atoms with Crippen LogP contribution in [0.15, 0.2) is 30.3 Å². The molecule has 0 unspecified atom stereocenters. The van der Waals surface area contributed by atoms with Gasteiger partial charge in [-0.1, -0.05) is 17.7 Å². The summed E-state index contributed by atoms with van der Waals surface area (Å²) in [6, 6.07) is 9.70. The molecule has 1 aromatic heterocycles. The molecule has 0 radical (unpaired) electrons. The highest BCUT2D eigenvalue weighted by atomic mass is 35.5. The number of rotatable bonds is 6.